The minimum atomic E-state index is -3.51. The van der Waals surface area contributed by atoms with Crippen LogP contribution in [0.15, 0.2) is 47.4 Å². The number of carbonyl (C=O) groups excluding carboxylic acids is 2. The van der Waals surface area contributed by atoms with Crippen molar-refractivity contribution in [2.24, 2.45) is 0 Å². The van der Waals surface area contributed by atoms with Gasteiger partial charge in [-0.25, -0.2) is 12.8 Å². The summed E-state index contributed by atoms with van der Waals surface area (Å²) in [6, 6.07) is 11.2. The molecular weight excluding hydrogens is 459 g/mol. The lowest BCUT2D eigenvalue weighted by molar-refractivity contribution is -0.148. The maximum absolute atomic E-state index is 13.5. The molecule has 2 aromatic rings. The number of ether oxygens (including phenoxy) is 1. The minimum absolute atomic E-state index is 0.0642. The van der Waals surface area contributed by atoms with Crippen LogP contribution in [0.2, 0.25) is 0 Å². The molecule has 2 aromatic carbocycles. The molecule has 0 unspecified atom stereocenters. The quantitative estimate of drug-likeness (QED) is 0.543. The molecule has 0 radical (unpaired) electrons. The monoisotopic (exact) mass is 490 g/mol. The van der Waals surface area contributed by atoms with E-state index in [1.807, 2.05) is 0 Å². The zero-order valence-corrected chi connectivity index (χ0v) is 20.2. The van der Waals surface area contributed by atoms with E-state index in [0.717, 1.165) is 31.2 Å². The Morgan fingerprint density at radius 1 is 1.00 bits per heavy atom. The van der Waals surface area contributed by atoms with Crippen LogP contribution in [0.25, 0.3) is 0 Å². The fraction of sp³-hybridized carbons (Fsp3) is 0.440. The molecule has 1 amide bonds. The molecule has 0 atom stereocenters. The summed E-state index contributed by atoms with van der Waals surface area (Å²) in [7, 11) is -3.51. The molecule has 1 fully saturated rings. The minimum Gasteiger partial charge on any atom is -0.456 e. The van der Waals surface area contributed by atoms with Crippen LogP contribution in [0.5, 0.6) is 0 Å². The van der Waals surface area contributed by atoms with Crippen LogP contribution >= 0.6 is 0 Å². The highest BCUT2D eigenvalue weighted by atomic mass is 32.2. The zero-order valence-electron chi connectivity index (χ0n) is 19.4. The summed E-state index contributed by atoms with van der Waals surface area (Å²) in [6.07, 6.45) is 4.29. The smallest absolute Gasteiger partial charge is 0.306 e. The first-order valence-corrected chi connectivity index (χ1v) is 13.0. The number of halogens is 1. The predicted molar refractivity (Wildman–Crippen MR) is 126 cm³/mol. The summed E-state index contributed by atoms with van der Waals surface area (Å²) >= 11 is 0. The zero-order chi connectivity index (χ0) is 24.6. The first-order chi connectivity index (χ1) is 16.3. The maximum Gasteiger partial charge on any atom is 0.306 e. The fourth-order valence-corrected chi connectivity index (χ4v) is 5.24. The van der Waals surface area contributed by atoms with E-state index in [-0.39, 0.29) is 23.7 Å². The van der Waals surface area contributed by atoms with Gasteiger partial charge in [0.2, 0.25) is 10.0 Å². The van der Waals surface area contributed by atoms with E-state index in [4.69, 9.17) is 4.74 Å². The Morgan fingerprint density at radius 2 is 1.65 bits per heavy atom. The largest absolute Gasteiger partial charge is 0.456 e. The van der Waals surface area contributed by atoms with Crippen molar-refractivity contribution in [1.82, 2.24) is 9.62 Å². The third-order valence-electron chi connectivity index (χ3n) is 5.83. The number of sulfonamides is 1. The van der Waals surface area contributed by atoms with Gasteiger partial charge in [0.15, 0.2) is 6.61 Å². The number of esters is 1. The number of benzene rings is 2. The lowest BCUT2D eigenvalue weighted by Crippen LogP contribution is -2.31. The molecule has 1 heterocycles. The van der Waals surface area contributed by atoms with E-state index in [1.54, 1.807) is 47.6 Å². The molecule has 3 rings (SSSR count). The Kier molecular flexibility index (Phi) is 9.18. The number of rotatable bonds is 9. The second-order valence-electron chi connectivity index (χ2n) is 8.48. The molecule has 0 spiro atoms. The number of nitrogens with zero attached hydrogens (tertiary/aromatic N) is 1. The van der Waals surface area contributed by atoms with Gasteiger partial charge in [-0.15, -0.1) is 0 Å². The van der Waals surface area contributed by atoms with Gasteiger partial charge in [0.25, 0.3) is 5.91 Å². The highest BCUT2D eigenvalue weighted by Gasteiger charge is 2.24. The van der Waals surface area contributed by atoms with Gasteiger partial charge in [-0.1, -0.05) is 37.1 Å². The van der Waals surface area contributed by atoms with Crippen molar-refractivity contribution in [2.75, 3.05) is 19.7 Å². The fourth-order valence-electron chi connectivity index (χ4n) is 3.72. The van der Waals surface area contributed by atoms with Crippen molar-refractivity contribution in [2.45, 2.75) is 56.9 Å². The molecule has 9 heteroatoms. The van der Waals surface area contributed by atoms with E-state index in [0.29, 0.717) is 30.6 Å². The van der Waals surface area contributed by atoms with Gasteiger partial charge < -0.3 is 10.1 Å². The molecule has 34 heavy (non-hydrogen) atoms. The lowest BCUT2D eigenvalue weighted by atomic mass is 10.1. The first-order valence-electron chi connectivity index (χ1n) is 11.5. The Balaban J connectivity index is 1.41. The summed E-state index contributed by atoms with van der Waals surface area (Å²) in [6.45, 7) is 2.47. The third-order valence-corrected chi connectivity index (χ3v) is 7.75. The SMILES string of the molecule is Cc1ccc(CNC(=O)COC(=O)CCc2ccc(S(=O)(=O)N3CCCCCC3)cc2)cc1F. The molecule has 0 aromatic heterocycles. The molecule has 0 bridgehead atoms. The van der Waals surface area contributed by atoms with Crippen LogP contribution in [0.3, 0.4) is 0 Å². The van der Waals surface area contributed by atoms with Crippen molar-refractivity contribution >= 4 is 21.9 Å². The van der Waals surface area contributed by atoms with E-state index < -0.39 is 28.5 Å². The second-order valence-corrected chi connectivity index (χ2v) is 10.4. The third kappa shape index (κ3) is 7.36. The maximum atomic E-state index is 13.5. The first kappa shape index (κ1) is 25.8. The van der Waals surface area contributed by atoms with Gasteiger partial charge in [0.1, 0.15) is 5.82 Å². The Labute approximate surface area is 200 Å². The number of hydrogen-bond donors (Lipinski definition) is 1. The summed E-state index contributed by atoms with van der Waals surface area (Å²) in [5.41, 5.74) is 1.94. The van der Waals surface area contributed by atoms with Crippen LogP contribution in [0, 0.1) is 12.7 Å². The number of amides is 1. The Morgan fingerprint density at radius 3 is 2.29 bits per heavy atom. The summed E-state index contributed by atoms with van der Waals surface area (Å²) in [5, 5.41) is 2.58. The van der Waals surface area contributed by atoms with E-state index in [1.165, 1.54) is 6.07 Å². The van der Waals surface area contributed by atoms with Gasteiger partial charge in [-0.05, 0) is 61.1 Å². The highest BCUT2D eigenvalue weighted by molar-refractivity contribution is 7.89. The van der Waals surface area contributed by atoms with Crippen LogP contribution in [-0.2, 0) is 37.3 Å². The molecule has 0 saturated carbocycles. The molecule has 1 aliphatic rings. The Bertz CT molecular complexity index is 1090. The van der Waals surface area contributed by atoms with Gasteiger partial charge in [-0.2, -0.15) is 4.31 Å². The Hall–Kier alpha value is -2.78. The number of carbonyl (C=O) groups is 2. The standard InChI is InChI=1S/C25H31FN2O5S/c1-19-6-7-21(16-23(19)26)17-27-24(29)18-33-25(30)13-10-20-8-11-22(12-9-20)34(31,32)28-14-4-2-3-5-15-28/h6-9,11-12,16H,2-5,10,13-15,17-18H2,1H3,(H,27,29). The number of nitrogens with one attached hydrogen (secondary N) is 1. The molecule has 1 aliphatic heterocycles. The average molecular weight is 491 g/mol. The van der Waals surface area contributed by atoms with Crippen molar-refractivity contribution in [3.63, 3.8) is 0 Å². The van der Waals surface area contributed by atoms with Gasteiger partial charge in [-0.3, -0.25) is 9.59 Å². The molecule has 7 nitrogen and oxygen atoms in total. The molecule has 1 saturated heterocycles. The number of aryl methyl sites for hydroxylation is 2. The van der Waals surface area contributed by atoms with E-state index in [2.05, 4.69) is 5.32 Å². The van der Waals surface area contributed by atoms with Crippen molar-refractivity contribution in [3.05, 3.63) is 65.0 Å². The molecular formula is C25H31FN2O5S. The predicted octanol–water partition coefficient (Wildman–Crippen LogP) is 3.49. The topological polar surface area (TPSA) is 92.8 Å². The highest BCUT2D eigenvalue weighted by Crippen LogP contribution is 2.21. The van der Waals surface area contributed by atoms with Gasteiger partial charge in [0, 0.05) is 26.1 Å². The molecule has 0 aliphatic carbocycles. The van der Waals surface area contributed by atoms with Crippen molar-refractivity contribution in [3.8, 4) is 0 Å². The average Bonchev–Trinajstić information content (AvgIpc) is 3.13. The molecule has 1 N–H and O–H groups in total. The normalized spacial score (nSPS) is 14.9. The lowest BCUT2D eigenvalue weighted by Gasteiger charge is -2.20. The van der Waals surface area contributed by atoms with Crippen molar-refractivity contribution < 1.29 is 27.1 Å². The van der Waals surface area contributed by atoms with Crippen LogP contribution in [-0.4, -0.2) is 44.3 Å². The van der Waals surface area contributed by atoms with Gasteiger partial charge in [0.05, 0.1) is 4.90 Å². The summed E-state index contributed by atoms with van der Waals surface area (Å²) < 4.78 is 45.8. The second kappa shape index (κ2) is 12.1. The van der Waals surface area contributed by atoms with Crippen LogP contribution in [0.1, 0.15) is 48.8 Å². The van der Waals surface area contributed by atoms with Gasteiger partial charge >= 0.3 is 5.97 Å². The van der Waals surface area contributed by atoms with Crippen LogP contribution < -0.4 is 5.32 Å². The van der Waals surface area contributed by atoms with E-state index in [9.17, 15) is 22.4 Å². The van der Waals surface area contributed by atoms with Crippen molar-refractivity contribution in [1.29, 1.82) is 0 Å². The number of hydrogen-bond acceptors (Lipinski definition) is 5. The summed E-state index contributed by atoms with van der Waals surface area (Å²) in [4.78, 5) is 24.1. The molecule has 184 valence electrons. The summed E-state index contributed by atoms with van der Waals surface area (Å²) in [5.74, 6) is -1.35. The van der Waals surface area contributed by atoms with Crippen LogP contribution in [0.4, 0.5) is 4.39 Å². The van der Waals surface area contributed by atoms with E-state index >= 15 is 0 Å².